The quantitative estimate of drug-likeness (QED) is 0.422. The third kappa shape index (κ3) is 5.49. The number of aromatic nitrogens is 2. The maximum absolute atomic E-state index is 5.18. The fourth-order valence-corrected chi connectivity index (χ4v) is 4.27. The number of nitrogens with zero attached hydrogens (tertiary/aromatic N) is 3. The maximum Gasteiger partial charge on any atom is 0.138 e. The summed E-state index contributed by atoms with van der Waals surface area (Å²) in [6, 6.07) is 17.8. The third-order valence-electron chi connectivity index (χ3n) is 6.43. The van der Waals surface area contributed by atoms with E-state index in [1.165, 1.54) is 16.8 Å². The summed E-state index contributed by atoms with van der Waals surface area (Å²) in [5.41, 5.74) is 7.96. The zero-order chi connectivity index (χ0) is 24.1. The molecule has 1 aliphatic rings. The van der Waals surface area contributed by atoms with E-state index in [4.69, 9.17) is 9.72 Å². The highest BCUT2D eigenvalue weighted by atomic mass is 16.5. The Hall–Kier alpha value is -3.15. The number of likely N-dealkylation sites (N-methyl/N-ethyl adjacent to an activating group) is 1. The van der Waals surface area contributed by atoms with Gasteiger partial charge < -0.3 is 19.5 Å². The Bertz CT molecular complexity index is 1140. The van der Waals surface area contributed by atoms with Crippen molar-refractivity contribution in [3.05, 3.63) is 78.0 Å². The minimum atomic E-state index is 0.430. The van der Waals surface area contributed by atoms with Gasteiger partial charge in [0.2, 0.25) is 0 Å². The summed E-state index contributed by atoms with van der Waals surface area (Å²) in [5.74, 6) is 0.897. The van der Waals surface area contributed by atoms with E-state index in [1.54, 1.807) is 7.11 Å². The second-order valence-electron chi connectivity index (χ2n) is 9.33. The van der Waals surface area contributed by atoms with Crippen LogP contribution in [0, 0.1) is 0 Å². The molecule has 0 amide bonds. The van der Waals surface area contributed by atoms with Crippen molar-refractivity contribution in [1.82, 2.24) is 14.9 Å². The molecular weight excluding hydrogens is 420 g/mol. The van der Waals surface area contributed by atoms with E-state index in [2.05, 4.69) is 110 Å². The standard InChI is InChI=1S/C29H36N4O/c1-32(2)25-16-12-22(13-17-25)27-28(23-14-18-26(19-15-23)33(3)4)31-29(30-27)24-10-8-21(9-11-24)7-6-20-34-5/h8-18,26H,6-7,19-20H2,1-5H3,(H,30,31). The fraction of sp³-hybridized carbons (Fsp3) is 0.345. The normalized spacial score (nSPS) is 15.6. The molecule has 0 bridgehead atoms. The van der Waals surface area contributed by atoms with Gasteiger partial charge in [-0.3, -0.25) is 0 Å². The lowest BCUT2D eigenvalue weighted by atomic mass is 9.97. The molecule has 0 spiro atoms. The molecule has 0 saturated carbocycles. The van der Waals surface area contributed by atoms with E-state index in [0.717, 1.165) is 54.2 Å². The Morgan fingerprint density at radius 1 is 0.971 bits per heavy atom. The zero-order valence-corrected chi connectivity index (χ0v) is 21.0. The van der Waals surface area contributed by atoms with E-state index >= 15 is 0 Å². The molecular formula is C29H36N4O. The number of rotatable bonds is 9. The van der Waals surface area contributed by atoms with Crippen molar-refractivity contribution in [1.29, 1.82) is 0 Å². The van der Waals surface area contributed by atoms with Crippen LogP contribution >= 0.6 is 0 Å². The molecule has 0 saturated heterocycles. The van der Waals surface area contributed by atoms with Crippen molar-refractivity contribution in [2.75, 3.05) is 46.8 Å². The first-order valence-corrected chi connectivity index (χ1v) is 12.0. The molecule has 5 heteroatoms. The maximum atomic E-state index is 5.18. The number of methoxy groups -OCH3 is 1. The Kier molecular flexibility index (Phi) is 7.66. The lowest BCUT2D eigenvalue weighted by Gasteiger charge is -2.22. The molecule has 5 nitrogen and oxygen atoms in total. The van der Waals surface area contributed by atoms with Gasteiger partial charge in [0, 0.05) is 50.7 Å². The number of benzene rings is 2. The number of aromatic amines is 1. The highest BCUT2D eigenvalue weighted by Crippen LogP contribution is 2.34. The molecule has 1 unspecified atom stereocenters. The number of nitrogens with one attached hydrogen (secondary N) is 1. The van der Waals surface area contributed by atoms with Crippen LogP contribution in [0.4, 0.5) is 5.69 Å². The van der Waals surface area contributed by atoms with Crippen molar-refractivity contribution >= 4 is 11.3 Å². The Balaban J connectivity index is 1.68. The van der Waals surface area contributed by atoms with Gasteiger partial charge in [-0.2, -0.15) is 0 Å². The monoisotopic (exact) mass is 456 g/mol. The van der Waals surface area contributed by atoms with Crippen LogP contribution in [0.1, 0.15) is 24.1 Å². The molecule has 1 aliphatic carbocycles. The van der Waals surface area contributed by atoms with Crippen LogP contribution in [-0.4, -0.2) is 62.8 Å². The molecule has 0 radical (unpaired) electrons. The summed E-state index contributed by atoms with van der Waals surface area (Å²) in [6.07, 6.45) is 9.86. The van der Waals surface area contributed by atoms with Crippen molar-refractivity contribution in [3.8, 4) is 22.6 Å². The molecule has 178 valence electrons. The van der Waals surface area contributed by atoms with Gasteiger partial charge in [-0.25, -0.2) is 4.98 Å². The first-order chi connectivity index (χ1) is 16.5. The smallest absolute Gasteiger partial charge is 0.138 e. The predicted octanol–water partition coefficient (Wildman–Crippen LogP) is 5.66. The number of anilines is 1. The molecule has 1 N–H and O–H groups in total. The summed E-state index contributed by atoms with van der Waals surface area (Å²) in [7, 11) is 10.1. The molecule has 1 heterocycles. The molecule has 2 aromatic carbocycles. The summed E-state index contributed by atoms with van der Waals surface area (Å²) in [6.45, 7) is 0.788. The highest BCUT2D eigenvalue weighted by Gasteiger charge is 2.19. The second-order valence-corrected chi connectivity index (χ2v) is 9.33. The van der Waals surface area contributed by atoms with Crippen molar-refractivity contribution in [2.24, 2.45) is 0 Å². The number of ether oxygens (including phenoxy) is 1. The first kappa shape index (κ1) is 24.0. The van der Waals surface area contributed by atoms with E-state index in [9.17, 15) is 0 Å². The minimum Gasteiger partial charge on any atom is -0.385 e. The Morgan fingerprint density at radius 3 is 2.26 bits per heavy atom. The SMILES string of the molecule is COCCCc1ccc(-c2nc(-c3ccc(N(C)C)cc3)c(C3=CCC(N(C)C)C=C3)[nH]2)cc1. The molecule has 4 rings (SSSR count). The van der Waals surface area contributed by atoms with Gasteiger partial charge in [-0.05, 0) is 56.6 Å². The Morgan fingerprint density at radius 2 is 1.68 bits per heavy atom. The van der Waals surface area contributed by atoms with Gasteiger partial charge in [0.05, 0.1) is 11.4 Å². The van der Waals surface area contributed by atoms with Gasteiger partial charge >= 0.3 is 0 Å². The van der Waals surface area contributed by atoms with Crippen LogP contribution in [0.15, 0.2) is 66.8 Å². The van der Waals surface area contributed by atoms with Crippen LogP contribution in [0.25, 0.3) is 28.2 Å². The van der Waals surface area contributed by atoms with Crippen LogP contribution in [0.2, 0.25) is 0 Å². The first-order valence-electron chi connectivity index (χ1n) is 12.0. The van der Waals surface area contributed by atoms with E-state index in [-0.39, 0.29) is 0 Å². The van der Waals surface area contributed by atoms with Crippen LogP contribution in [0.3, 0.4) is 0 Å². The van der Waals surface area contributed by atoms with Gasteiger partial charge in [-0.1, -0.05) is 54.6 Å². The number of imidazole rings is 1. The summed E-state index contributed by atoms with van der Waals surface area (Å²) < 4.78 is 5.18. The fourth-order valence-electron chi connectivity index (χ4n) is 4.27. The summed E-state index contributed by atoms with van der Waals surface area (Å²) in [4.78, 5) is 13.1. The lowest BCUT2D eigenvalue weighted by molar-refractivity contribution is 0.195. The highest BCUT2D eigenvalue weighted by molar-refractivity contribution is 5.84. The molecule has 0 aliphatic heterocycles. The molecule has 3 aromatic rings. The average molecular weight is 457 g/mol. The van der Waals surface area contributed by atoms with Crippen molar-refractivity contribution < 1.29 is 4.74 Å². The van der Waals surface area contributed by atoms with Crippen LogP contribution in [-0.2, 0) is 11.2 Å². The van der Waals surface area contributed by atoms with Crippen LogP contribution in [0.5, 0.6) is 0 Å². The lowest BCUT2D eigenvalue weighted by Crippen LogP contribution is -2.26. The largest absolute Gasteiger partial charge is 0.385 e. The molecule has 0 fully saturated rings. The number of H-pyrrole nitrogens is 1. The number of hydrogen-bond donors (Lipinski definition) is 1. The second kappa shape index (κ2) is 10.9. The number of aryl methyl sites for hydroxylation is 1. The average Bonchev–Trinajstić information content (AvgIpc) is 3.30. The van der Waals surface area contributed by atoms with Crippen molar-refractivity contribution in [3.63, 3.8) is 0 Å². The molecule has 1 atom stereocenters. The predicted molar refractivity (Wildman–Crippen MR) is 143 cm³/mol. The summed E-state index contributed by atoms with van der Waals surface area (Å²) >= 11 is 0. The van der Waals surface area contributed by atoms with Gasteiger partial charge in [-0.15, -0.1) is 0 Å². The van der Waals surface area contributed by atoms with E-state index in [0.29, 0.717) is 6.04 Å². The van der Waals surface area contributed by atoms with Gasteiger partial charge in [0.25, 0.3) is 0 Å². The van der Waals surface area contributed by atoms with E-state index < -0.39 is 0 Å². The number of allylic oxidation sites excluding steroid dienone is 2. The Labute approximate surface area is 203 Å². The topological polar surface area (TPSA) is 44.4 Å². The van der Waals surface area contributed by atoms with Gasteiger partial charge in [0.1, 0.15) is 5.82 Å². The molecule has 1 aromatic heterocycles. The summed E-state index contributed by atoms with van der Waals surface area (Å²) in [5, 5.41) is 0. The minimum absolute atomic E-state index is 0.430. The van der Waals surface area contributed by atoms with Gasteiger partial charge in [0.15, 0.2) is 0 Å². The van der Waals surface area contributed by atoms with Crippen LogP contribution < -0.4 is 4.90 Å². The zero-order valence-electron chi connectivity index (χ0n) is 21.0. The molecule has 34 heavy (non-hydrogen) atoms. The van der Waals surface area contributed by atoms with E-state index in [1.807, 2.05) is 0 Å². The number of hydrogen-bond acceptors (Lipinski definition) is 4. The van der Waals surface area contributed by atoms with Crippen molar-refractivity contribution in [2.45, 2.75) is 25.3 Å². The third-order valence-corrected chi connectivity index (χ3v) is 6.43.